The van der Waals surface area contributed by atoms with Crippen LogP contribution in [0.2, 0.25) is 0 Å². The van der Waals surface area contributed by atoms with Crippen molar-refractivity contribution in [2.24, 2.45) is 11.8 Å². The molecule has 2 N–H and O–H groups in total. The van der Waals surface area contributed by atoms with E-state index in [1.807, 2.05) is 13.0 Å². The van der Waals surface area contributed by atoms with Crippen molar-refractivity contribution in [1.82, 2.24) is 9.97 Å². The molecular weight excluding hydrogens is 236 g/mol. The lowest BCUT2D eigenvalue weighted by atomic mass is 9.98. The maximum absolute atomic E-state index is 4.56. The van der Waals surface area contributed by atoms with Crippen molar-refractivity contribution in [3.8, 4) is 0 Å². The van der Waals surface area contributed by atoms with E-state index in [9.17, 15) is 0 Å². The fraction of sp³-hybridized carbons (Fsp3) is 0.733. The quantitative estimate of drug-likeness (QED) is 0.853. The molecule has 1 aromatic heterocycles. The Balaban J connectivity index is 2.05. The van der Waals surface area contributed by atoms with Gasteiger partial charge in [-0.2, -0.15) is 4.98 Å². The Labute approximate surface area is 116 Å². The molecule has 0 amide bonds. The highest BCUT2D eigenvalue weighted by Crippen LogP contribution is 2.33. The highest BCUT2D eigenvalue weighted by Gasteiger charge is 2.29. The van der Waals surface area contributed by atoms with Gasteiger partial charge in [0.15, 0.2) is 0 Å². The SMILES string of the molecule is CCCNc1nc(C)cc(NC2CCC(C)C2C)n1. The van der Waals surface area contributed by atoms with Crippen LogP contribution in [0.25, 0.3) is 0 Å². The van der Waals surface area contributed by atoms with Gasteiger partial charge in [-0.25, -0.2) is 4.98 Å². The van der Waals surface area contributed by atoms with Gasteiger partial charge in [0.1, 0.15) is 5.82 Å². The molecule has 4 nitrogen and oxygen atoms in total. The number of aromatic nitrogens is 2. The second kappa shape index (κ2) is 6.22. The normalized spacial score (nSPS) is 26.4. The van der Waals surface area contributed by atoms with Crippen LogP contribution in [0, 0.1) is 18.8 Å². The summed E-state index contributed by atoms with van der Waals surface area (Å²) in [6.45, 7) is 9.75. The Morgan fingerprint density at radius 1 is 1.26 bits per heavy atom. The molecule has 1 saturated carbocycles. The topological polar surface area (TPSA) is 49.8 Å². The fourth-order valence-electron chi connectivity index (χ4n) is 2.72. The Hall–Kier alpha value is -1.32. The third-order valence-electron chi connectivity index (χ3n) is 4.19. The standard InChI is InChI=1S/C15H26N4/c1-5-8-16-15-17-11(3)9-14(19-15)18-13-7-6-10(2)12(13)4/h9-10,12-13H,5-8H2,1-4H3,(H2,16,17,18,19). The van der Waals surface area contributed by atoms with Crippen LogP contribution in [0.4, 0.5) is 11.8 Å². The van der Waals surface area contributed by atoms with Gasteiger partial charge in [0.2, 0.25) is 5.95 Å². The smallest absolute Gasteiger partial charge is 0.224 e. The predicted octanol–water partition coefficient (Wildman–Crippen LogP) is 3.45. The maximum atomic E-state index is 4.56. The van der Waals surface area contributed by atoms with E-state index in [0.29, 0.717) is 12.0 Å². The summed E-state index contributed by atoms with van der Waals surface area (Å²) in [5, 5.41) is 6.85. The molecular formula is C15H26N4. The van der Waals surface area contributed by atoms with Crippen molar-refractivity contribution in [3.63, 3.8) is 0 Å². The minimum absolute atomic E-state index is 0.545. The van der Waals surface area contributed by atoms with Crippen molar-refractivity contribution in [3.05, 3.63) is 11.8 Å². The monoisotopic (exact) mass is 262 g/mol. The summed E-state index contributed by atoms with van der Waals surface area (Å²) in [7, 11) is 0. The summed E-state index contributed by atoms with van der Waals surface area (Å²) in [5.41, 5.74) is 1.01. The van der Waals surface area contributed by atoms with Gasteiger partial charge in [0.05, 0.1) is 0 Å². The van der Waals surface area contributed by atoms with Crippen molar-refractivity contribution < 1.29 is 0 Å². The van der Waals surface area contributed by atoms with Crippen LogP contribution in [0.15, 0.2) is 6.07 Å². The number of hydrogen-bond donors (Lipinski definition) is 2. The van der Waals surface area contributed by atoms with E-state index >= 15 is 0 Å². The van der Waals surface area contributed by atoms with E-state index in [1.54, 1.807) is 0 Å². The summed E-state index contributed by atoms with van der Waals surface area (Å²) in [6, 6.07) is 2.58. The van der Waals surface area contributed by atoms with Crippen LogP contribution in [-0.2, 0) is 0 Å². The first-order chi connectivity index (χ1) is 9.10. The summed E-state index contributed by atoms with van der Waals surface area (Å²) in [6.07, 6.45) is 3.63. The third kappa shape index (κ3) is 3.58. The molecule has 3 atom stereocenters. The zero-order valence-electron chi connectivity index (χ0n) is 12.5. The number of anilines is 2. The van der Waals surface area contributed by atoms with Crippen LogP contribution in [0.5, 0.6) is 0 Å². The van der Waals surface area contributed by atoms with Gasteiger partial charge in [-0.15, -0.1) is 0 Å². The van der Waals surface area contributed by atoms with Gasteiger partial charge >= 0.3 is 0 Å². The van der Waals surface area contributed by atoms with Gasteiger partial charge in [-0.1, -0.05) is 20.8 Å². The van der Waals surface area contributed by atoms with Gasteiger partial charge in [0.25, 0.3) is 0 Å². The number of rotatable bonds is 5. The molecule has 0 spiro atoms. The lowest BCUT2D eigenvalue weighted by Gasteiger charge is -2.20. The fourth-order valence-corrected chi connectivity index (χ4v) is 2.72. The summed E-state index contributed by atoms with van der Waals surface area (Å²) in [4.78, 5) is 8.98. The molecule has 0 aromatic carbocycles. The second-order valence-corrected chi connectivity index (χ2v) is 5.81. The minimum Gasteiger partial charge on any atom is -0.367 e. The molecule has 0 saturated heterocycles. The highest BCUT2D eigenvalue weighted by atomic mass is 15.1. The molecule has 0 aliphatic heterocycles. The van der Waals surface area contributed by atoms with E-state index in [-0.39, 0.29) is 0 Å². The highest BCUT2D eigenvalue weighted by molar-refractivity contribution is 5.43. The van der Waals surface area contributed by atoms with E-state index in [4.69, 9.17) is 0 Å². The van der Waals surface area contributed by atoms with Crippen LogP contribution in [-0.4, -0.2) is 22.6 Å². The number of nitrogens with zero attached hydrogens (tertiary/aromatic N) is 2. The molecule has 0 radical (unpaired) electrons. The Morgan fingerprint density at radius 3 is 2.68 bits per heavy atom. The lowest BCUT2D eigenvalue weighted by molar-refractivity contribution is 0.435. The minimum atomic E-state index is 0.545. The first-order valence-corrected chi connectivity index (χ1v) is 7.46. The second-order valence-electron chi connectivity index (χ2n) is 5.81. The predicted molar refractivity (Wildman–Crippen MR) is 80.5 cm³/mol. The molecule has 1 aromatic rings. The van der Waals surface area contributed by atoms with Gasteiger partial charge in [-0.05, 0) is 38.0 Å². The number of nitrogens with one attached hydrogen (secondary N) is 2. The molecule has 1 heterocycles. The molecule has 1 aliphatic carbocycles. The maximum Gasteiger partial charge on any atom is 0.224 e. The summed E-state index contributed by atoms with van der Waals surface area (Å²) in [5.74, 6) is 3.21. The Bertz CT molecular complexity index is 419. The van der Waals surface area contributed by atoms with Crippen molar-refractivity contribution in [2.75, 3.05) is 17.2 Å². The van der Waals surface area contributed by atoms with Crippen LogP contribution in [0.1, 0.15) is 45.7 Å². The van der Waals surface area contributed by atoms with Crippen molar-refractivity contribution >= 4 is 11.8 Å². The zero-order chi connectivity index (χ0) is 13.8. The largest absolute Gasteiger partial charge is 0.367 e. The lowest BCUT2D eigenvalue weighted by Crippen LogP contribution is -2.25. The Kier molecular flexibility index (Phi) is 4.61. The molecule has 19 heavy (non-hydrogen) atoms. The third-order valence-corrected chi connectivity index (χ3v) is 4.19. The first-order valence-electron chi connectivity index (χ1n) is 7.46. The Morgan fingerprint density at radius 2 is 2.05 bits per heavy atom. The molecule has 0 bridgehead atoms. The van der Waals surface area contributed by atoms with Gasteiger partial charge in [0, 0.05) is 24.3 Å². The summed E-state index contributed by atoms with van der Waals surface area (Å²) >= 11 is 0. The molecule has 4 heteroatoms. The van der Waals surface area contributed by atoms with E-state index in [0.717, 1.165) is 36.3 Å². The summed E-state index contributed by atoms with van der Waals surface area (Å²) < 4.78 is 0. The average Bonchev–Trinajstić information content (AvgIpc) is 2.68. The van der Waals surface area contributed by atoms with E-state index in [2.05, 4.69) is 41.4 Å². The van der Waals surface area contributed by atoms with Crippen molar-refractivity contribution in [1.29, 1.82) is 0 Å². The zero-order valence-corrected chi connectivity index (χ0v) is 12.5. The van der Waals surface area contributed by atoms with Crippen LogP contribution < -0.4 is 10.6 Å². The van der Waals surface area contributed by atoms with Crippen molar-refractivity contribution in [2.45, 2.75) is 53.0 Å². The average molecular weight is 262 g/mol. The van der Waals surface area contributed by atoms with E-state index in [1.165, 1.54) is 12.8 Å². The molecule has 3 unspecified atom stereocenters. The van der Waals surface area contributed by atoms with Gasteiger partial charge < -0.3 is 10.6 Å². The molecule has 1 fully saturated rings. The van der Waals surface area contributed by atoms with E-state index < -0.39 is 0 Å². The molecule has 106 valence electrons. The molecule has 2 rings (SSSR count). The first kappa shape index (κ1) is 14.1. The van der Waals surface area contributed by atoms with Crippen LogP contribution in [0.3, 0.4) is 0 Å². The number of hydrogen-bond acceptors (Lipinski definition) is 4. The van der Waals surface area contributed by atoms with Gasteiger partial charge in [-0.3, -0.25) is 0 Å². The number of aryl methyl sites for hydroxylation is 1. The van der Waals surface area contributed by atoms with Crippen LogP contribution >= 0.6 is 0 Å². The molecule has 1 aliphatic rings.